The Bertz CT molecular complexity index is 926. The van der Waals surface area contributed by atoms with Gasteiger partial charge >= 0.3 is 17.9 Å². The van der Waals surface area contributed by atoms with Crippen LogP contribution in [0.4, 0.5) is 0 Å². The molecule has 1 rings (SSSR count). The summed E-state index contributed by atoms with van der Waals surface area (Å²) in [5.41, 5.74) is 0. The molecule has 0 aromatic rings. The van der Waals surface area contributed by atoms with Gasteiger partial charge in [0.25, 0.3) is 0 Å². The van der Waals surface area contributed by atoms with Gasteiger partial charge in [0, 0.05) is 32.5 Å². The van der Waals surface area contributed by atoms with Gasteiger partial charge in [-0.05, 0) is 76.0 Å². The van der Waals surface area contributed by atoms with Crippen LogP contribution >= 0.6 is 0 Å². The highest BCUT2D eigenvalue weighted by Crippen LogP contribution is 2.23. The van der Waals surface area contributed by atoms with Crippen LogP contribution in [-0.2, 0) is 33.3 Å². The fourth-order valence-corrected chi connectivity index (χ4v) is 8.87. The molecule has 0 atom stereocenters. The molecule has 1 N–H and O–H groups in total. The van der Waals surface area contributed by atoms with E-state index < -0.39 is 0 Å². The summed E-state index contributed by atoms with van der Waals surface area (Å²) in [6.07, 6.45) is 36.6. The second-order valence-corrected chi connectivity index (χ2v) is 18.5. The Balaban J connectivity index is 2.38. The smallest absolute Gasteiger partial charge is 0.332 e. The molecule has 1 fully saturated rings. The first-order valence-electron chi connectivity index (χ1n) is 26.3. The van der Waals surface area contributed by atoms with Gasteiger partial charge in [0.05, 0.1) is 25.9 Å². The fraction of sp³-hybridized carbons (Fsp3) is 0.942. The minimum atomic E-state index is -0.277. The standard InChI is InChI=1S/C52H99NO8/c1-5-9-19-27-46(28-20-10-6-2)37-43-58-50(55)33-25-17-13-15-23-31-49(61-52(57)45-60-48-35-39-53(40-36-48)41-42-54)32-24-16-14-18-26-34-51(56)59-44-38-47(29-21-11-7-3)30-22-12-8-4/h46-49,54H,5-45H2,1-4H3. The molecule has 0 aliphatic carbocycles. The van der Waals surface area contributed by atoms with Crippen molar-refractivity contribution in [2.45, 2.75) is 258 Å². The van der Waals surface area contributed by atoms with E-state index in [1.807, 2.05) is 0 Å². The number of aliphatic hydroxyl groups is 1. The molecular formula is C52H99NO8. The normalized spacial score (nSPS) is 13.8. The predicted octanol–water partition coefficient (Wildman–Crippen LogP) is 13.3. The van der Waals surface area contributed by atoms with Gasteiger partial charge in [0.15, 0.2) is 0 Å². The maximum Gasteiger partial charge on any atom is 0.332 e. The lowest BCUT2D eigenvalue weighted by molar-refractivity contribution is -0.158. The first-order chi connectivity index (χ1) is 29.8. The summed E-state index contributed by atoms with van der Waals surface area (Å²) in [4.78, 5) is 40.0. The summed E-state index contributed by atoms with van der Waals surface area (Å²) >= 11 is 0. The number of hydrogen-bond donors (Lipinski definition) is 1. The summed E-state index contributed by atoms with van der Waals surface area (Å²) in [5, 5.41) is 9.22. The zero-order valence-corrected chi connectivity index (χ0v) is 40.6. The third-order valence-electron chi connectivity index (χ3n) is 12.9. The fourth-order valence-electron chi connectivity index (χ4n) is 8.87. The Morgan fingerprint density at radius 3 is 1.31 bits per heavy atom. The molecular weight excluding hydrogens is 767 g/mol. The van der Waals surface area contributed by atoms with Gasteiger partial charge in [0.2, 0.25) is 0 Å². The highest BCUT2D eigenvalue weighted by Gasteiger charge is 2.22. The van der Waals surface area contributed by atoms with Gasteiger partial charge in [-0.25, -0.2) is 4.79 Å². The van der Waals surface area contributed by atoms with Crippen LogP contribution in [0.2, 0.25) is 0 Å². The van der Waals surface area contributed by atoms with Crippen molar-refractivity contribution in [1.82, 2.24) is 4.90 Å². The van der Waals surface area contributed by atoms with Crippen LogP contribution in [0.3, 0.4) is 0 Å². The van der Waals surface area contributed by atoms with Gasteiger partial charge in [-0.3, -0.25) is 9.59 Å². The first-order valence-corrected chi connectivity index (χ1v) is 26.3. The van der Waals surface area contributed by atoms with Crippen LogP contribution in [-0.4, -0.2) is 86.2 Å². The van der Waals surface area contributed by atoms with E-state index >= 15 is 0 Å². The van der Waals surface area contributed by atoms with E-state index in [4.69, 9.17) is 18.9 Å². The number of carbonyl (C=O) groups excluding carboxylic acids is 3. The van der Waals surface area contributed by atoms with E-state index in [1.165, 1.54) is 103 Å². The van der Waals surface area contributed by atoms with E-state index in [2.05, 4.69) is 32.6 Å². The van der Waals surface area contributed by atoms with Crippen molar-refractivity contribution in [3.05, 3.63) is 0 Å². The Morgan fingerprint density at radius 1 is 0.508 bits per heavy atom. The number of rotatable bonds is 44. The predicted molar refractivity (Wildman–Crippen MR) is 252 cm³/mol. The van der Waals surface area contributed by atoms with Crippen LogP contribution in [0.1, 0.15) is 246 Å². The summed E-state index contributed by atoms with van der Waals surface area (Å²) in [6, 6.07) is 0. The van der Waals surface area contributed by atoms with Gasteiger partial charge in [-0.15, -0.1) is 0 Å². The molecule has 0 spiro atoms. The van der Waals surface area contributed by atoms with Gasteiger partial charge in [-0.1, -0.05) is 169 Å². The van der Waals surface area contributed by atoms with Crippen molar-refractivity contribution >= 4 is 17.9 Å². The van der Waals surface area contributed by atoms with Crippen LogP contribution in [0.15, 0.2) is 0 Å². The number of aliphatic hydroxyl groups excluding tert-OH is 1. The van der Waals surface area contributed by atoms with E-state index in [9.17, 15) is 19.5 Å². The number of hydrogen-bond acceptors (Lipinski definition) is 9. The molecule has 9 nitrogen and oxygen atoms in total. The topological polar surface area (TPSA) is 112 Å². The number of ether oxygens (including phenoxy) is 4. The summed E-state index contributed by atoms with van der Waals surface area (Å²) in [6.45, 7) is 12.7. The zero-order valence-electron chi connectivity index (χ0n) is 40.6. The highest BCUT2D eigenvalue weighted by atomic mass is 16.6. The number of carbonyl (C=O) groups is 3. The molecule has 1 saturated heterocycles. The molecule has 1 heterocycles. The molecule has 9 heteroatoms. The average Bonchev–Trinajstić information content (AvgIpc) is 3.25. The van der Waals surface area contributed by atoms with Crippen LogP contribution in [0.25, 0.3) is 0 Å². The summed E-state index contributed by atoms with van der Waals surface area (Å²) in [7, 11) is 0. The molecule has 0 amide bonds. The third kappa shape index (κ3) is 35.3. The van der Waals surface area contributed by atoms with E-state index in [0.717, 1.165) is 116 Å². The minimum Gasteiger partial charge on any atom is -0.466 e. The lowest BCUT2D eigenvalue weighted by Crippen LogP contribution is -2.39. The van der Waals surface area contributed by atoms with Crippen LogP contribution < -0.4 is 0 Å². The second-order valence-electron chi connectivity index (χ2n) is 18.5. The molecule has 61 heavy (non-hydrogen) atoms. The number of β-amino-alcohol motifs (C(OH)–C–C–N with tert-alkyl or cyclic N) is 1. The lowest BCUT2D eigenvalue weighted by Gasteiger charge is -2.31. The van der Waals surface area contributed by atoms with Crippen molar-refractivity contribution in [1.29, 1.82) is 0 Å². The Labute approximate surface area is 376 Å². The Hall–Kier alpha value is -1.71. The molecule has 1 aliphatic rings. The van der Waals surface area contributed by atoms with E-state index in [1.54, 1.807) is 0 Å². The summed E-state index contributed by atoms with van der Waals surface area (Å²) < 4.78 is 23.3. The largest absolute Gasteiger partial charge is 0.466 e. The number of esters is 3. The van der Waals surface area contributed by atoms with Crippen molar-refractivity contribution < 1.29 is 38.4 Å². The third-order valence-corrected chi connectivity index (χ3v) is 12.9. The molecule has 0 bridgehead atoms. The van der Waals surface area contributed by atoms with E-state index in [-0.39, 0.29) is 43.3 Å². The van der Waals surface area contributed by atoms with Crippen molar-refractivity contribution in [3.8, 4) is 0 Å². The minimum absolute atomic E-state index is 0.00981. The summed E-state index contributed by atoms with van der Waals surface area (Å²) in [5.74, 6) is 0.970. The molecule has 1 aliphatic heterocycles. The van der Waals surface area contributed by atoms with Gasteiger partial charge in [-0.2, -0.15) is 0 Å². The molecule has 0 aromatic carbocycles. The molecule has 0 radical (unpaired) electrons. The number of likely N-dealkylation sites (tertiary alicyclic amines) is 1. The van der Waals surface area contributed by atoms with Gasteiger partial charge < -0.3 is 29.0 Å². The van der Waals surface area contributed by atoms with Crippen LogP contribution in [0, 0.1) is 11.8 Å². The molecule has 0 saturated carbocycles. The first kappa shape index (κ1) is 57.3. The number of nitrogens with zero attached hydrogens (tertiary/aromatic N) is 1. The molecule has 0 aromatic heterocycles. The maximum absolute atomic E-state index is 12.9. The molecule has 360 valence electrons. The van der Waals surface area contributed by atoms with Gasteiger partial charge in [0.1, 0.15) is 12.7 Å². The molecule has 0 unspecified atom stereocenters. The zero-order chi connectivity index (χ0) is 44.4. The van der Waals surface area contributed by atoms with E-state index in [0.29, 0.717) is 44.4 Å². The number of unbranched alkanes of at least 4 members (excludes halogenated alkanes) is 16. The number of piperidine rings is 1. The van der Waals surface area contributed by atoms with Crippen molar-refractivity contribution in [3.63, 3.8) is 0 Å². The average molecular weight is 866 g/mol. The Morgan fingerprint density at radius 2 is 0.902 bits per heavy atom. The van der Waals surface area contributed by atoms with Crippen molar-refractivity contribution in [2.24, 2.45) is 11.8 Å². The Kier molecular flexibility index (Phi) is 39.7. The quantitative estimate of drug-likeness (QED) is 0.0363. The van der Waals surface area contributed by atoms with Crippen molar-refractivity contribution in [2.75, 3.05) is 46.1 Å². The highest BCUT2D eigenvalue weighted by molar-refractivity contribution is 5.71. The van der Waals surface area contributed by atoms with Crippen LogP contribution in [0.5, 0.6) is 0 Å². The maximum atomic E-state index is 12.9. The SMILES string of the molecule is CCCCCC(CCCCC)CCOC(=O)CCCCCCCC(CCCCCCCC(=O)OCCC(CCCCC)CCCCC)OC(=O)COC1CCN(CCO)CC1. The second kappa shape index (κ2) is 42.3. The monoisotopic (exact) mass is 866 g/mol. The lowest BCUT2D eigenvalue weighted by atomic mass is 9.92.